The normalized spacial score (nSPS) is 19.0. The number of piperazine rings is 1. The van der Waals surface area contributed by atoms with Crippen molar-refractivity contribution in [2.24, 2.45) is 0 Å². The molecule has 13 heavy (non-hydrogen) atoms. The SMILES string of the molecule is CN1CCN(c2ncncn2)CC1. The fourth-order valence-corrected chi connectivity index (χ4v) is 1.40. The summed E-state index contributed by atoms with van der Waals surface area (Å²) in [5, 5.41) is 0. The maximum absolute atomic E-state index is 4.11. The highest BCUT2D eigenvalue weighted by Gasteiger charge is 2.15. The average molecular weight is 179 g/mol. The van der Waals surface area contributed by atoms with E-state index in [9.17, 15) is 0 Å². The van der Waals surface area contributed by atoms with Gasteiger partial charge in [0.25, 0.3) is 0 Å². The Hall–Kier alpha value is -1.23. The third-order valence-electron chi connectivity index (χ3n) is 2.27. The van der Waals surface area contributed by atoms with E-state index in [4.69, 9.17) is 0 Å². The predicted molar refractivity (Wildman–Crippen MR) is 49.5 cm³/mol. The first kappa shape index (κ1) is 8.37. The van der Waals surface area contributed by atoms with Crippen LogP contribution in [0.4, 0.5) is 5.95 Å². The van der Waals surface area contributed by atoms with E-state index in [0.29, 0.717) is 0 Å². The minimum Gasteiger partial charge on any atom is -0.338 e. The standard InChI is InChI=1S/C8H13N5/c1-12-2-4-13(5-3-12)8-10-6-9-7-11-8/h6-7H,2-5H2,1H3. The zero-order valence-corrected chi connectivity index (χ0v) is 7.72. The smallest absolute Gasteiger partial charge is 0.228 e. The number of nitrogens with zero attached hydrogens (tertiary/aromatic N) is 5. The summed E-state index contributed by atoms with van der Waals surface area (Å²) in [6.07, 6.45) is 3.08. The average Bonchev–Trinajstić information content (AvgIpc) is 2.20. The van der Waals surface area contributed by atoms with Crippen LogP contribution in [0.25, 0.3) is 0 Å². The van der Waals surface area contributed by atoms with Crippen molar-refractivity contribution in [3.05, 3.63) is 12.7 Å². The maximum atomic E-state index is 4.11. The molecule has 5 heteroatoms. The highest BCUT2D eigenvalue weighted by molar-refractivity contribution is 5.27. The number of hydrogen-bond acceptors (Lipinski definition) is 5. The Labute approximate surface area is 77.4 Å². The lowest BCUT2D eigenvalue weighted by atomic mass is 10.3. The van der Waals surface area contributed by atoms with Gasteiger partial charge in [-0.25, -0.2) is 15.0 Å². The second-order valence-corrected chi connectivity index (χ2v) is 3.23. The van der Waals surface area contributed by atoms with Crippen LogP contribution in [-0.4, -0.2) is 53.1 Å². The first-order chi connectivity index (χ1) is 6.36. The van der Waals surface area contributed by atoms with Crippen LogP contribution < -0.4 is 4.90 Å². The minimum absolute atomic E-state index is 0.795. The minimum atomic E-state index is 0.795. The fraction of sp³-hybridized carbons (Fsp3) is 0.625. The molecule has 0 radical (unpaired) electrons. The highest BCUT2D eigenvalue weighted by Crippen LogP contribution is 2.07. The molecule has 0 spiro atoms. The topological polar surface area (TPSA) is 45.2 Å². The predicted octanol–water partition coefficient (Wildman–Crippen LogP) is -0.377. The molecule has 1 aliphatic rings. The van der Waals surface area contributed by atoms with Gasteiger partial charge in [0.1, 0.15) is 12.7 Å². The molecule has 0 bridgehead atoms. The van der Waals surface area contributed by atoms with Crippen LogP contribution in [0.2, 0.25) is 0 Å². The van der Waals surface area contributed by atoms with Crippen LogP contribution in [0.5, 0.6) is 0 Å². The Bertz CT molecular complexity index is 254. The van der Waals surface area contributed by atoms with E-state index in [-0.39, 0.29) is 0 Å². The van der Waals surface area contributed by atoms with Crippen LogP contribution in [0.1, 0.15) is 0 Å². The van der Waals surface area contributed by atoms with Crippen LogP contribution in [0.3, 0.4) is 0 Å². The zero-order valence-electron chi connectivity index (χ0n) is 7.72. The van der Waals surface area contributed by atoms with E-state index in [1.165, 1.54) is 0 Å². The van der Waals surface area contributed by atoms with Crippen LogP contribution in [-0.2, 0) is 0 Å². The molecule has 1 aromatic rings. The van der Waals surface area contributed by atoms with Gasteiger partial charge in [0.15, 0.2) is 0 Å². The number of aromatic nitrogens is 3. The summed E-state index contributed by atoms with van der Waals surface area (Å²) in [5.41, 5.74) is 0. The first-order valence-electron chi connectivity index (χ1n) is 4.42. The summed E-state index contributed by atoms with van der Waals surface area (Å²) in [4.78, 5) is 16.5. The number of anilines is 1. The van der Waals surface area contributed by atoms with Crippen molar-refractivity contribution in [3.63, 3.8) is 0 Å². The molecule has 1 saturated heterocycles. The molecule has 0 N–H and O–H groups in total. The van der Waals surface area contributed by atoms with E-state index in [2.05, 4.69) is 31.8 Å². The summed E-state index contributed by atoms with van der Waals surface area (Å²) in [6.45, 7) is 4.15. The van der Waals surface area contributed by atoms with Crippen molar-refractivity contribution < 1.29 is 0 Å². The van der Waals surface area contributed by atoms with Gasteiger partial charge < -0.3 is 9.80 Å². The molecule has 5 nitrogen and oxygen atoms in total. The highest BCUT2D eigenvalue weighted by atomic mass is 15.3. The van der Waals surface area contributed by atoms with Gasteiger partial charge in [-0.05, 0) is 7.05 Å². The van der Waals surface area contributed by atoms with Crippen molar-refractivity contribution >= 4 is 5.95 Å². The van der Waals surface area contributed by atoms with E-state index in [0.717, 1.165) is 32.1 Å². The van der Waals surface area contributed by atoms with Crippen molar-refractivity contribution in [1.29, 1.82) is 0 Å². The van der Waals surface area contributed by atoms with Crippen LogP contribution in [0.15, 0.2) is 12.7 Å². The molecule has 1 aromatic heterocycles. The van der Waals surface area contributed by atoms with Crippen molar-refractivity contribution in [2.45, 2.75) is 0 Å². The lowest BCUT2D eigenvalue weighted by Gasteiger charge is -2.32. The summed E-state index contributed by atoms with van der Waals surface area (Å²) < 4.78 is 0. The third kappa shape index (κ3) is 1.92. The third-order valence-corrected chi connectivity index (χ3v) is 2.27. The largest absolute Gasteiger partial charge is 0.338 e. The Morgan fingerprint density at radius 1 is 1.08 bits per heavy atom. The molecule has 0 aromatic carbocycles. The van der Waals surface area contributed by atoms with Crippen LogP contribution >= 0.6 is 0 Å². The molecule has 0 aliphatic carbocycles. The molecule has 0 unspecified atom stereocenters. The Morgan fingerprint density at radius 3 is 2.31 bits per heavy atom. The molecule has 0 saturated carbocycles. The fourth-order valence-electron chi connectivity index (χ4n) is 1.40. The Morgan fingerprint density at radius 2 is 1.69 bits per heavy atom. The number of likely N-dealkylation sites (N-methyl/N-ethyl adjacent to an activating group) is 1. The van der Waals surface area contributed by atoms with Gasteiger partial charge in [-0.15, -0.1) is 0 Å². The van der Waals surface area contributed by atoms with Gasteiger partial charge in [0.2, 0.25) is 5.95 Å². The van der Waals surface area contributed by atoms with Gasteiger partial charge in [-0.3, -0.25) is 0 Å². The van der Waals surface area contributed by atoms with Crippen molar-refractivity contribution in [3.8, 4) is 0 Å². The zero-order chi connectivity index (χ0) is 9.10. The summed E-state index contributed by atoms with van der Waals surface area (Å²) in [6, 6.07) is 0. The molecular weight excluding hydrogens is 166 g/mol. The van der Waals surface area contributed by atoms with E-state index >= 15 is 0 Å². The lowest BCUT2D eigenvalue weighted by Crippen LogP contribution is -2.45. The van der Waals surface area contributed by atoms with E-state index in [1.807, 2.05) is 0 Å². The second kappa shape index (κ2) is 3.66. The van der Waals surface area contributed by atoms with Crippen molar-refractivity contribution in [1.82, 2.24) is 19.9 Å². The molecule has 0 amide bonds. The van der Waals surface area contributed by atoms with Gasteiger partial charge in [0.05, 0.1) is 0 Å². The molecule has 2 rings (SSSR count). The van der Waals surface area contributed by atoms with Crippen LogP contribution in [0, 0.1) is 0 Å². The summed E-state index contributed by atoms with van der Waals surface area (Å²) in [5.74, 6) is 0.795. The number of rotatable bonds is 1. The molecule has 1 aliphatic heterocycles. The quantitative estimate of drug-likeness (QED) is 0.588. The monoisotopic (exact) mass is 179 g/mol. The van der Waals surface area contributed by atoms with Crippen molar-refractivity contribution in [2.75, 3.05) is 38.1 Å². The Balaban J connectivity index is 2.03. The molecular formula is C8H13N5. The molecule has 70 valence electrons. The molecule has 0 atom stereocenters. The molecule has 1 fully saturated rings. The van der Waals surface area contributed by atoms with Gasteiger partial charge in [-0.2, -0.15) is 0 Å². The van der Waals surface area contributed by atoms with E-state index < -0.39 is 0 Å². The van der Waals surface area contributed by atoms with E-state index in [1.54, 1.807) is 12.7 Å². The van der Waals surface area contributed by atoms with Gasteiger partial charge >= 0.3 is 0 Å². The lowest BCUT2D eigenvalue weighted by molar-refractivity contribution is 0.311. The number of hydrogen-bond donors (Lipinski definition) is 0. The molecule has 2 heterocycles. The van der Waals surface area contributed by atoms with Gasteiger partial charge in [-0.1, -0.05) is 0 Å². The first-order valence-corrected chi connectivity index (χ1v) is 4.42. The Kier molecular flexibility index (Phi) is 2.35. The summed E-state index contributed by atoms with van der Waals surface area (Å²) in [7, 11) is 2.13. The maximum Gasteiger partial charge on any atom is 0.228 e. The summed E-state index contributed by atoms with van der Waals surface area (Å²) >= 11 is 0. The van der Waals surface area contributed by atoms with Gasteiger partial charge in [0, 0.05) is 26.2 Å². The second-order valence-electron chi connectivity index (χ2n) is 3.23.